The molecule has 0 saturated carbocycles. The van der Waals surface area contributed by atoms with Gasteiger partial charge < -0.3 is 10.2 Å². The number of amides is 1. The maximum absolute atomic E-state index is 13.0. The molecule has 1 aromatic carbocycles. The van der Waals surface area contributed by atoms with Crippen LogP contribution < -0.4 is 0 Å². The van der Waals surface area contributed by atoms with Gasteiger partial charge in [-0.15, -0.1) is 0 Å². The van der Waals surface area contributed by atoms with Crippen molar-refractivity contribution in [2.24, 2.45) is 0 Å². The molecule has 1 saturated heterocycles. The minimum Gasteiger partial charge on any atom is -0.465 e. The smallest absolute Gasteiger partial charge is 0.408 e. The number of Topliss-reactive ketones (excluding diaryl/α,β-unsaturated/α-hetero) is 1. The fraction of sp³-hybridized carbons (Fsp3) is 0.467. The monoisotopic (exact) mass is 345 g/mol. The van der Waals surface area contributed by atoms with Crippen LogP contribution in [0.2, 0.25) is 10.0 Å². The number of β-amino-alcohol motifs (C(OH)–C–C–N with tert-alkyl or cyclic N) is 1. The summed E-state index contributed by atoms with van der Waals surface area (Å²) < 4.78 is 0. The Labute approximate surface area is 138 Å². The van der Waals surface area contributed by atoms with Crippen LogP contribution in [0, 0.1) is 0 Å². The zero-order valence-electron chi connectivity index (χ0n) is 12.1. The summed E-state index contributed by atoms with van der Waals surface area (Å²) in [5.74, 6) is -0.355. The van der Waals surface area contributed by atoms with Crippen molar-refractivity contribution in [1.29, 1.82) is 0 Å². The van der Waals surface area contributed by atoms with Gasteiger partial charge in [-0.1, -0.05) is 36.5 Å². The fourth-order valence-corrected chi connectivity index (χ4v) is 3.39. The first-order valence-electron chi connectivity index (χ1n) is 7.00. The lowest BCUT2D eigenvalue weighted by molar-refractivity contribution is 0.0616. The Balaban J connectivity index is 2.47. The number of nitrogens with zero attached hydrogens (tertiary/aromatic N) is 1. The Morgan fingerprint density at radius 1 is 1.36 bits per heavy atom. The highest BCUT2D eigenvalue weighted by Crippen LogP contribution is 2.38. The van der Waals surface area contributed by atoms with E-state index in [1.807, 2.05) is 6.92 Å². The molecule has 120 valence electrons. The lowest BCUT2D eigenvalue weighted by Gasteiger charge is -2.35. The van der Waals surface area contributed by atoms with Crippen molar-refractivity contribution in [2.75, 3.05) is 6.54 Å². The molecule has 2 N–H and O–H groups in total. The Morgan fingerprint density at radius 3 is 2.59 bits per heavy atom. The van der Waals surface area contributed by atoms with Crippen LogP contribution in [0.25, 0.3) is 0 Å². The normalized spacial score (nSPS) is 24.5. The van der Waals surface area contributed by atoms with Gasteiger partial charge in [0.25, 0.3) is 0 Å². The van der Waals surface area contributed by atoms with Gasteiger partial charge >= 0.3 is 6.09 Å². The third kappa shape index (κ3) is 2.93. The molecule has 0 radical (unpaired) electrons. The predicted octanol–water partition coefficient (Wildman–Crippen LogP) is 3.46. The number of carbonyl (C=O) groups is 2. The third-order valence-corrected chi connectivity index (χ3v) is 4.72. The largest absolute Gasteiger partial charge is 0.465 e. The minimum atomic E-state index is -1.25. The molecule has 0 aromatic heterocycles. The minimum absolute atomic E-state index is 0.0671. The molecular formula is C15H17Cl2NO4. The maximum atomic E-state index is 13.0. The van der Waals surface area contributed by atoms with Gasteiger partial charge in [0.15, 0.2) is 5.78 Å². The van der Waals surface area contributed by atoms with E-state index in [1.54, 1.807) is 0 Å². The molecule has 5 nitrogen and oxygen atoms in total. The molecule has 1 aliphatic heterocycles. The summed E-state index contributed by atoms with van der Waals surface area (Å²) in [6, 6.07) is 4.47. The molecule has 1 aliphatic rings. The highest BCUT2D eigenvalue weighted by molar-refractivity contribution is 6.42. The highest BCUT2D eigenvalue weighted by Gasteiger charge is 2.52. The molecule has 1 fully saturated rings. The molecule has 7 heteroatoms. The standard InChI is InChI=1S/C15H17Cl2NO4/c1-2-5-15(7-10(19)8-18(15)14(21)22)13(20)9-3-4-11(16)12(17)6-9/h3-4,6,10,19H,2,5,7-8H2,1H3,(H,21,22)/t10?,15-/m1/s1. The second-order valence-corrected chi connectivity index (χ2v) is 6.31. The van der Waals surface area contributed by atoms with Crippen LogP contribution in [0.15, 0.2) is 18.2 Å². The van der Waals surface area contributed by atoms with E-state index in [0.29, 0.717) is 23.4 Å². The first kappa shape index (κ1) is 17.1. The SMILES string of the molecule is CCC[C@]1(C(=O)c2ccc(Cl)c(Cl)c2)CC(O)CN1C(=O)O. The van der Waals surface area contributed by atoms with Crippen molar-refractivity contribution < 1.29 is 19.8 Å². The van der Waals surface area contributed by atoms with Gasteiger partial charge in [-0.2, -0.15) is 0 Å². The summed E-state index contributed by atoms with van der Waals surface area (Å²) >= 11 is 11.8. The molecule has 2 atom stereocenters. The van der Waals surface area contributed by atoms with E-state index in [0.717, 1.165) is 4.90 Å². The van der Waals surface area contributed by atoms with Crippen LogP contribution in [0.3, 0.4) is 0 Å². The number of halogens is 2. The molecule has 22 heavy (non-hydrogen) atoms. The van der Waals surface area contributed by atoms with Gasteiger partial charge in [-0.05, 0) is 24.6 Å². The van der Waals surface area contributed by atoms with Crippen molar-refractivity contribution in [3.05, 3.63) is 33.8 Å². The molecule has 1 unspecified atom stereocenters. The van der Waals surface area contributed by atoms with Crippen molar-refractivity contribution in [2.45, 2.75) is 37.8 Å². The molecular weight excluding hydrogens is 329 g/mol. The molecule has 1 aromatic rings. The number of likely N-dealkylation sites (tertiary alicyclic amines) is 1. The first-order valence-corrected chi connectivity index (χ1v) is 7.76. The molecule has 0 bridgehead atoms. The molecule has 2 rings (SSSR count). The Kier molecular flexibility index (Phi) is 5.00. The van der Waals surface area contributed by atoms with Crippen LogP contribution >= 0.6 is 23.2 Å². The number of carboxylic acid groups (broad SMARTS) is 1. The number of hydrogen-bond acceptors (Lipinski definition) is 3. The number of carbonyl (C=O) groups excluding carboxylic acids is 1. The summed E-state index contributed by atoms with van der Waals surface area (Å²) in [6.45, 7) is 1.80. The second-order valence-electron chi connectivity index (χ2n) is 5.49. The average molecular weight is 346 g/mol. The zero-order chi connectivity index (χ0) is 16.5. The maximum Gasteiger partial charge on any atom is 0.408 e. The average Bonchev–Trinajstić information content (AvgIpc) is 2.79. The molecule has 0 spiro atoms. The number of ketones is 1. The summed E-state index contributed by atoms with van der Waals surface area (Å²) in [7, 11) is 0. The van der Waals surface area contributed by atoms with Crippen LogP contribution in [0.1, 0.15) is 36.5 Å². The van der Waals surface area contributed by atoms with Crippen LogP contribution in [-0.2, 0) is 0 Å². The van der Waals surface area contributed by atoms with E-state index in [4.69, 9.17) is 23.2 Å². The molecule has 1 heterocycles. The third-order valence-electron chi connectivity index (χ3n) is 3.98. The highest BCUT2D eigenvalue weighted by atomic mass is 35.5. The summed E-state index contributed by atoms with van der Waals surface area (Å²) in [5, 5.41) is 19.9. The van der Waals surface area contributed by atoms with E-state index in [1.165, 1.54) is 18.2 Å². The zero-order valence-corrected chi connectivity index (χ0v) is 13.6. The van der Waals surface area contributed by atoms with E-state index in [-0.39, 0.29) is 23.8 Å². The lowest BCUT2D eigenvalue weighted by atomic mass is 9.82. The van der Waals surface area contributed by atoms with Gasteiger partial charge in [0.05, 0.1) is 22.7 Å². The molecule has 0 aliphatic carbocycles. The predicted molar refractivity (Wildman–Crippen MR) is 83.8 cm³/mol. The van der Waals surface area contributed by atoms with Crippen molar-refractivity contribution in [3.8, 4) is 0 Å². The first-order chi connectivity index (χ1) is 10.3. The van der Waals surface area contributed by atoms with Crippen molar-refractivity contribution in [1.82, 2.24) is 4.90 Å². The number of aliphatic hydroxyl groups excluding tert-OH is 1. The number of rotatable bonds is 4. The van der Waals surface area contributed by atoms with Crippen LogP contribution in [-0.4, -0.2) is 45.2 Å². The lowest BCUT2D eigenvalue weighted by Crippen LogP contribution is -2.52. The quantitative estimate of drug-likeness (QED) is 0.819. The van der Waals surface area contributed by atoms with Gasteiger partial charge in [0.2, 0.25) is 0 Å². The van der Waals surface area contributed by atoms with E-state index < -0.39 is 17.7 Å². The summed E-state index contributed by atoms with van der Waals surface area (Å²) in [6.07, 6.45) is -1.02. The number of aliphatic hydroxyl groups is 1. The van der Waals surface area contributed by atoms with Crippen LogP contribution in [0.5, 0.6) is 0 Å². The van der Waals surface area contributed by atoms with Crippen molar-refractivity contribution in [3.63, 3.8) is 0 Å². The Morgan fingerprint density at radius 2 is 2.05 bits per heavy atom. The van der Waals surface area contributed by atoms with Gasteiger partial charge in [-0.25, -0.2) is 4.79 Å². The summed E-state index contributed by atoms with van der Waals surface area (Å²) in [4.78, 5) is 25.5. The van der Waals surface area contributed by atoms with Gasteiger partial charge in [0, 0.05) is 12.0 Å². The van der Waals surface area contributed by atoms with Crippen LogP contribution in [0.4, 0.5) is 4.79 Å². The van der Waals surface area contributed by atoms with Gasteiger partial charge in [-0.3, -0.25) is 9.69 Å². The van der Waals surface area contributed by atoms with Crippen molar-refractivity contribution >= 4 is 35.1 Å². The van der Waals surface area contributed by atoms with Gasteiger partial charge in [0.1, 0.15) is 5.54 Å². The Bertz CT molecular complexity index is 607. The molecule has 1 amide bonds. The van der Waals surface area contributed by atoms with E-state index in [2.05, 4.69) is 0 Å². The van der Waals surface area contributed by atoms with E-state index in [9.17, 15) is 19.8 Å². The second kappa shape index (κ2) is 6.44. The number of benzene rings is 1. The fourth-order valence-electron chi connectivity index (χ4n) is 3.10. The Hall–Kier alpha value is -1.30. The van der Waals surface area contributed by atoms with E-state index >= 15 is 0 Å². The topological polar surface area (TPSA) is 77.8 Å². The summed E-state index contributed by atoms with van der Waals surface area (Å²) in [5.41, 5.74) is -0.958. The number of hydrogen-bond donors (Lipinski definition) is 2.